The van der Waals surface area contributed by atoms with Gasteiger partial charge in [-0.3, -0.25) is 19.5 Å². The van der Waals surface area contributed by atoms with Crippen LogP contribution in [0, 0.1) is 5.92 Å². The lowest BCUT2D eigenvalue weighted by Gasteiger charge is -2.33. The van der Waals surface area contributed by atoms with Gasteiger partial charge in [-0.1, -0.05) is 0 Å². The molecule has 1 aromatic carbocycles. The lowest BCUT2D eigenvalue weighted by molar-refractivity contribution is -0.130. The van der Waals surface area contributed by atoms with E-state index in [9.17, 15) is 9.59 Å². The van der Waals surface area contributed by atoms with Gasteiger partial charge >= 0.3 is 0 Å². The van der Waals surface area contributed by atoms with Gasteiger partial charge in [-0.05, 0) is 36.4 Å². The summed E-state index contributed by atoms with van der Waals surface area (Å²) in [6.45, 7) is 4.48. The number of aromatic nitrogens is 1. The van der Waals surface area contributed by atoms with Crippen molar-refractivity contribution in [3.63, 3.8) is 0 Å². The van der Waals surface area contributed by atoms with Crippen molar-refractivity contribution in [2.45, 2.75) is 25.9 Å². The number of hydrogen-bond donors (Lipinski definition) is 1. The average molecular weight is 394 g/mol. The third kappa shape index (κ3) is 4.40. The van der Waals surface area contributed by atoms with Crippen LogP contribution in [0.1, 0.15) is 19.8 Å². The van der Waals surface area contributed by atoms with E-state index in [4.69, 9.17) is 4.74 Å². The number of carbonyl (C=O) groups is 2. The standard InChI is InChI=1S/C22H26N4O3/c1-16(27)25-11-8-21(9-12-25)29-20-6-4-18(5-7-20)26(19-3-2-10-23-15-19)22(28)17-13-24-14-17/h2-7,10,15,17,21,24H,8-9,11-14H2,1H3. The van der Waals surface area contributed by atoms with Gasteiger partial charge in [0.25, 0.3) is 0 Å². The normalized spacial score (nSPS) is 17.5. The fraction of sp³-hybridized carbons (Fsp3) is 0.409. The Morgan fingerprint density at radius 1 is 1.10 bits per heavy atom. The van der Waals surface area contributed by atoms with Gasteiger partial charge in [0.15, 0.2) is 0 Å². The fourth-order valence-corrected chi connectivity index (χ4v) is 3.69. The Balaban J connectivity index is 1.46. The first-order valence-electron chi connectivity index (χ1n) is 10.1. The first-order chi connectivity index (χ1) is 14.1. The molecule has 2 aromatic rings. The van der Waals surface area contributed by atoms with Gasteiger partial charge in [0.1, 0.15) is 11.9 Å². The minimum atomic E-state index is -0.0161. The summed E-state index contributed by atoms with van der Waals surface area (Å²) in [4.78, 5) is 32.2. The highest BCUT2D eigenvalue weighted by Crippen LogP contribution is 2.30. The molecule has 2 aliphatic rings. The van der Waals surface area contributed by atoms with Crippen molar-refractivity contribution in [2.75, 3.05) is 31.1 Å². The second kappa shape index (κ2) is 8.61. The maximum absolute atomic E-state index is 13.0. The van der Waals surface area contributed by atoms with Crippen LogP contribution in [0.25, 0.3) is 0 Å². The zero-order valence-electron chi connectivity index (χ0n) is 16.6. The number of nitrogens with zero attached hydrogens (tertiary/aromatic N) is 3. The number of rotatable bonds is 5. The van der Waals surface area contributed by atoms with Crippen LogP contribution in [0.2, 0.25) is 0 Å². The molecule has 4 rings (SSSR count). The molecule has 2 saturated heterocycles. The second-order valence-corrected chi connectivity index (χ2v) is 7.56. The summed E-state index contributed by atoms with van der Waals surface area (Å²) in [5.74, 6) is 0.952. The molecule has 152 valence electrons. The van der Waals surface area contributed by atoms with E-state index in [2.05, 4.69) is 10.3 Å². The SMILES string of the molecule is CC(=O)N1CCC(Oc2ccc(N(C(=O)C3CNC3)c3cccnc3)cc2)CC1. The van der Waals surface area contributed by atoms with Gasteiger partial charge in [-0.15, -0.1) is 0 Å². The zero-order valence-corrected chi connectivity index (χ0v) is 16.6. The number of benzene rings is 1. The molecular weight excluding hydrogens is 368 g/mol. The maximum Gasteiger partial charge on any atom is 0.237 e. The van der Waals surface area contributed by atoms with E-state index in [0.29, 0.717) is 13.1 Å². The quantitative estimate of drug-likeness (QED) is 0.843. The third-order valence-electron chi connectivity index (χ3n) is 5.54. The lowest BCUT2D eigenvalue weighted by Crippen LogP contribution is -2.51. The van der Waals surface area contributed by atoms with E-state index in [1.807, 2.05) is 41.3 Å². The Labute approximate surface area is 170 Å². The summed E-state index contributed by atoms with van der Waals surface area (Å²) in [6, 6.07) is 11.4. The number of ether oxygens (including phenoxy) is 1. The molecule has 29 heavy (non-hydrogen) atoms. The first kappa shape index (κ1) is 19.4. The molecule has 0 radical (unpaired) electrons. The first-order valence-corrected chi connectivity index (χ1v) is 10.1. The molecule has 0 bridgehead atoms. The summed E-state index contributed by atoms with van der Waals surface area (Å²) in [5.41, 5.74) is 1.56. The van der Waals surface area contributed by atoms with Gasteiger partial charge in [0.05, 0.1) is 17.8 Å². The molecule has 0 aliphatic carbocycles. The zero-order chi connectivity index (χ0) is 20.2. The molecule has 3 heterocycles. The number of amides is 2. The average Bonchev–Trinajstić information content (AvgIpc) is 2.69. The summed E-state index contributed by atoms with van der Waals surface area (Å²) in [7, 11) is 0. The molecule has 7 nitrogen and oxygen atoms in total. The predicted octanol–water partition coefficient (Wildman–Crippen LogP) is 2.36. The van der Waals surface area contributed by atoms with Crippen LogP contribution in [0.5, 0.6) is 5.75 Å². The molecule has 2 amide bonds. The third-order valence-corrected chi connectivity index (χ3v) is 5.54. The number of piperidine rings is 1. The highest BCUT2D eigenvalue weighted by Gasteiger charge is 2.31. The summed E-state index contributed by atoms with van der Waals surface area (Å²) >= 11 is 0. The monoisotopic (exact) mass is 394 g/mol. The van der Waals surface area contributed by atoms with Crippen molar-refractivity contribution < 1.29 is 14.3 Å². The fourth-order valence-electron chi connectivity index (χ4n) is 3.69. The number of hydrogen-bond acceptors (Lipinski definition) is 5. The van der Waals surface area contributed by atoms with Gasteiger partial charge in [-0.25, -0.2) is 0 Å². The van der Waals surface area contributed by atoms with Gasteiger partial charge in [-0.2, -0.15) is 0 Å². The molecule has 1 N–H and O–H groups in total. The Morgan fingerprint density at radius 3 is 2.38 bits per heavy atom. The van der Waals surface area contributed by atoms with E-state index in [1.54, 1.807) is 24.2 Å². The van der Waals surface area contributed by atoms with Crippen LogP contribution in [0.3, 0.4) is 0 Å². The molecular formula is C22H26N4O3. The smallest absolute Gasteiger partial charge is 0.237 e. The number of carbonyl (C=O) groups excluding carboxylic acids is 2. The minimum absolute atomic E-state index is 0.0161. The van der Waals surface area contributed by atoms with Crippen LogP contribution in [0.15, 0.2) is 48.8 Å². The Hall–Kier alpha value is -2.93. The molecule has 0 spiro atoms. The molecule has 2 fully saturated rings. The van der Waals surface area contributed by atoms with E-state index < -0.39 is 0 Å². The van der Waals surface area contributed by atoms with E-state index in [0.717, 1.165) is 43.1 Å². The van der Waals surface area contributed by atoms with Gasteiger partial charge in [0.2, 0.25) is 11.8 Å². The number of pyridine rings is 1. The van der Waals surface area contributed by atoms with Crippen LogP contribution in [0.4, 0.5) is 11.4 Å². The predicted molar refractivity (Wildman–Crippen MR) is 110 cm³/mol. The molecule has 1 aromatic heterocycles. The molecule has 0 saturated carbocycles. The van der Waals surface area contributed by atoms with Crippen LogP contribution in [-0.4, -0.2) is 54.0 Å². The summed E-state index contributed by atoms with van der Waals surface area (Å²) < 4.78 is 6.10. The van der Waals surface area contributed by atoms with Crippen molar-refractivity contribution in [3.05, 3.63) is 48.8 Å². The van der Waals surface area contributed by atoms with Crippen LogP contribution < -0.4 is 15.0 Å². The van der Waals surface area contributed by atoms with Crippen LogP contribution >= 0.6 is 0 Å². The van der Waals surface area contributed by atoms with Crippen molar-refractivity contribution >= 4 is 23.2 Å². The number of likely N-dealkylation sites (tertiary alicyclic amines) is 1. The number of anilines is 2. The lowest BCUT2D eigenvalue weighted by atomic mass is 10.0. The van der Waals surface area contributed by atoms with Gasteiger partial charge in [0, 0.05) is 57.8 Å². The maximum atomic E-state index is 13.0. The van der Waals surface area contributed by atoms with Crippen molar-refractivity contribution in [3.8, 4) is 5.75 Å². The van der Waals surface area contributed by atoms with Gasteiger partial charge < -0.3 is 15.0 Å². The summed E-state index contributed by atoms with van der Waals surface area (Å²) in [5, 5.41) is 3.16. The van der Waals surface area contributed by atoms with Crippen molar-refractivity contribution in [2.24, 2.45) is 5.92 Å². The van der Waals surface area contributed by atoms with E-state index in [1.165, 1.54) is 0 Å². The minimum Gasteiger partial charge on any atom is -0.490 e. The Kier molecular flexibility index (Phi) is 5.76. The van der Waals surface area contributed by atoms with Crippen molar-refractivity contribution in [1.29, 1.82) is 0 Å². The Morgan fingerprint density at radius 2 is 1.83 bits per heavy atom. The highest BCUT2D eigenvalue weighted by atomic mass is 16.5. The van der Waals surface area contributed by atoms with Crippen molar-refractivity contribution in [1.82, 2.24) is 15.2 Å². The molecule has 2 aliphatic heterocycles. The van der Waals surface area contributed by atoms with E-state index >= 15 is 0 Å². The van der Waals surface area contributed by atoms with Crippen LogP contribution in [-0.2, 0) is 9.59 Å². The topological polar surface area (TPSA) is 74.8 Å². The number of nitrogens with one attached hydrogen (secondary N) is 1. The molecule has 0 unspecified atom stereocenters. The summed E-state index contributed by atoms with van der Waals surface area (Å²) in [6.07, 6.45) is 5.17. The molecule has 7 heteroatoms. The highest BCUT2D eigenvalue weighted by molar-refractivity contribution is 6.02. The van der Waals surface area contributed by atoms with E-state index in [-0.39, 0.29) is 23.8 Å². The Bertz CT molecular complexity index is 844. The largest absolute Gasteiger partial charge is 0.490 e. The second-order valence-electron chi connectivity index (χ2n) is 7.56. The molecule has 0 atom stereocenters.